The third kappa shape index (κ3) is 3.44. The molecular formula is C9H17ClO. The minimum Gasteiger partial charge on any atom is -0.392 e. The van der Waals surface area contributed by atoms with E-state index in [-0.39, 0.29) is 6.10 Å². The van der Waals surface area contributed by atoms with Gasteiger partial charge in [-0.2, -0.15) is 0 Å². The van der Waals surface area contributed by atoms with E-state index in [2.05, 4.69) is 0 Å². The molecule has 1 rings (SSSR count). The minimum atomic E-state index is -0.264. The Hall–Kier alpha value is 0.250. The smallest absolute Gasteiger partial charge is 0.0678 e. The summed E-state index contributed by atoms with van der Waals surface area (Å²) >= 11 is 5.52. The van der Waals surface area contributed by atoms with Crippen molar-refractivity contribution in [3.63, 3.8) is 0 Å². The fourth-order valence-electron chi connectivity index (χ4n) is 1.87. The van der Waals surface area contributed by atoms with Crippen LogP contribution in [0.15, 0.2) is 0 Å². The van der Waals surface area contributed by atoms with Crippen LogP contribution in [-0.4, -0.2) is 17.1 Å². The number of hydrogen-bond acceptors (Lipinski definition) is 1. The van der Waals surface area contributed by atoms with Crippen LogP contribution in [0.2, 0.25) is 0 Å². The molecule has 1 aliphatic carbocycles. The van der Waals surface area contributed by atoms with Crippen LogP contribution in [-0.2, 0) is 0 Å². The van der Waals surface area contributed by atoms with E-state index in [1.54, 1.807) is 0 Å². The van der Waals surface area contributed by atoms with Crippen molar-refractivity contribution >= 4 is 11.6 Å². The second-order valence-electron chi connectivity index (χ2n) is 3.55. The maximum atomic E-state index is 9.28. The van der Waals surface area contributed by atoms with Crippen molar-refractivity contribution in [3.05, 3.63) is 0 Å². The van der Waals surface area contributed by atoms with Crippen molar-refractivity contribution in [1.29, 1.82) is 0 Å². The van der Waals surface area contributed by atoms with E-state index in [0.29, 0.717) is 5.88 Å². The number of halogens is 1. The zero-order valence-corrected chi connectivity index (χ0v) is 7.69. The first-order valence-electron chi connectivity index (χ1n) is 4.57. The Kier molecular flexibility index (Phi) is 4.24. The summed E-state index contributed by atoms with van der Waals surface area (Å²) in [6.07, 6.45) is 7.33. The third-order valence-electron chi connectivity index (χ3n) is 2.51. The fraction of sp³-hybridized carbons (Fsp3) is 1.00. The highest BCUT2D eigenvalue weighted by atomic mass is 35.5. The zero-order valence-electron chi connectivity index (χ0n) is 6.93. The van der Waals surface area contributed by atoms with Crippen LogP contribution in [0.3, 0.4) is 0 Å². The summed E-state index contributed by atoms with van der Waals surface area (Å²) in [6, 6.07) is 0. The first-order chi connectivity index (χ1) is 5.33. The van der Waals surface area contributed by atoms with Crippen molar-refractivity contribution in [3.8, 4) is 0 Å². The Labute approximate surface area is 73.8 Å². The summed E-state index contributed by atoms with van der Waals surface area (Å²) < 4.78 is 0. The molecule has 0 aromatic rings. The summed E-state index contributed by atoms with van der Waals surface area (Å²) in [5, 5.41) is 9.28. The van der Waals surface area contributed by atoms with Crippen molar-refractivity contribution in [2.24, 2.45) is 5.92 Å². The van der Waals surface area contributed by atoms with Gasteiger partial charge in [0.25, 0.3) is 0 Å². The predicted molar refractivity (Wildman–Crippen MR) is 47.9 cm³/mol. The summed E-state index contributed by atoms with van der Waals surface area (Å²) in [5.74, 6) is 1.15. The third-order valence-corrected chi connectivity index (χ3v) is 2.86. The molecule has 0 radical (unpaired) electrons. The lowest BCUT2D eigenvalue weighted by Gasteiger charge is -2.22. The first-order valence-corrected chi connectivity index (χ1v) is 5.10. The maximum absolute atomic E-state index is 9.28. The van der Waals surface area contributed by atoms with E-state index >= 15 is 0 Å². The SMILES string of the molecule is OC(CCl)CC1CCCCC1. The minimum absolute atomic E-state index is 0.264. The second-order valence-corrected chi connectivity index (χ2v) is 3.86. The Morgan fingerprint density at radius 2 is 1.91 bits per heavy atom. The molecule has 66 valence electrons. The highest BCUT2D eigenvalue weighted by Gasteiger charge is 2.16. The van der Waals surface area contributed by atoms with Gasteiger partial charge in [-0.1, -0.05) is 32.1 Å². The summed E-state index contributed by atoms with van der Waals surface area (Å²) in [5.41, 5.74) is 0. The van der Waals surface area contributed by atoms with E-state index in [1.807, 2.05) is 0 Å². The second kappa shape index (κ2) is 5.00. The molecule has 0 bridgehead atoms. The van der Waals surface area contributed by atoms with E-state index in [9.17, 15) is 5.11 Å². The van der Waals surface area contributed by atoms with Crippen molar-refractivity contribution in [1.82, 2.24) is 0 Å². The van der Waals surface area contributed by atoms with Crippen molar-refractivity contribution in [2.45, 2.75) is 44.6 Å². The highest BCUT2D eigenvalue weighted by Crippen LogP contribution is 2.27. The Balaban J connectivity index is 2.13. The lowest BCUT2D eigenvalue weighted by molar-refractivity contribution is 0.149. The molecule has 2 heteroatoms. The molecule has 1 atom stereocenters. The van der Waals surface area contributed by atoms with Crippen molar-refractivity contribution < 1.29 is 5.11 Å². The number of aliphatic hydroxyl groups is 1. The van der Waals surface area contributed by atoms with Gasteiger partial charge in [-0.05, 0) is 12.3 Å². The van der Waals surface area contributed by atoms with Crippen LogP contribution in [0, 0.1) is 5.92 Å². The summed E-state index contributed by atoms with van der Waals surface area (Å²) in [7, 11) is 0. The van der Waals surface area contributed by atoms with Crippen LogP contribution >= 0.6 is 11.6 Å². The lowest BCUT2D eigenvalue weighted by Crippen LogP contribution is -2.17. The average Bonchev–Trinajstić information content (AvgIpc) is 2.06. The van der Waals surface area contributed by atoms with Crippen LogP contribution in [0.25, 0.3) is 0 Å². The molecule has 1 nitrogen and oxygen atoms in total. The van der Waals surface area contributed by atoms with Gasteiger partial charge in [-0.25, -0.2) is 0 Å². The van der Waals surface area contributed by atoms with Gasteiger partial charge >= 0.3 is 0 Å². The number of hydrogen-bond donors (Lipinski definition) is 1. The molecule has 0 aliphatic heterocycles. The van der Waals surface area contributed by atoms with Gasteiger partial charge in [0, 0.05) is 5.88 Å². The van der Waals surface area contributed by atoms with Gasteiger partial charge in [0.1, 0.15) is 0 Å². The van der Waals surface area contributed by atoms with Crippen LogP contribution < -0.4 is 0 Å². The molecule has 1 fully saturated rings. The Bertz CT molecular complexity index is 99.7. The number of rotatable bonds is 3. The van der Waals surface area contributed by atoms with Gasteiger partial charge < -0.3 is 5.11 Å². The normalized spacial score (nSPS) is 23.5. The monoisotopic (exact) mass is 176 g/mol. The molecule has 0 spiro atoms. The van der Waals surface area contributed by atoms with Crippen molar-refractivity contribution in [2.75, 3.05) is 5.88 Å². The maximum Gasteiger partial charge on any atom is 0.0678 e. The molecule has 0 amide bonds. The largest absolute Gasteiger partial charge is 0.392 e. The Morgan fingerprint density at radius 1 is 1.27 bits per heavy atom. The van der Waals surface area contributed by atoms with Crippen LogP contribution in [0.1, 0.15) is 38.5 Å². The molecule has 1 aliphatic rings. The number of alkyl halides is 1. The van der Waals surface area contributed by atoms with Crippen LogP contribution in [0.4, 0.5) is 0 Å². The molecule has 1 saturated carbocycles. The molecule has 0 aromatic carbocycles. The lowest BCUT2D eigenvalue weighted by atomic mass is 9.86. The van der Waals surface area contributed by atoms with Gasteiger partial charge in [-0.15, -0.1) is 11.6 Å². The fourth-order valence-corrected chi connectivity index (χ4v) is 2.00. The zero-order chi connectivity index (χ0) is 8.10. The standard InChI is InChI=1S/C9H17ClO/c10-7-9(11)6-8-4-2-1-3-5-8/h8-9,11H,1-7H2. The topological polar surface area (TPSA) is 20.2 Å². The quantitative estimate of drug-likeness (QED) is 0.656. The van der Waals surface area contributed by atoms with E-state index in [0.717, 1.165) is 12.3 Å². The molecule has 1 unspecified atom stereocenters. The Morgan fingerprint density at radius 3 is 2.45 bits per heavy atom. The van der Waals surface area contributed by atoms with Gasteiger partial charge in [0.15, 0.2) is 0 Å². The van der Waals surface area contributed by atoms with Gasteiger partial charge in [-0.3, -0.25) is 0 Å². The molecule has 1 N–H and O–H groups in total. The molecule has 0 heterocycles. The van der Waals surface area contributed by atoms with Gasteiger partial charge in [0.2, 0.25) is 0 Å². The summed E-state index contributed by atoms with van der Waals surface area (Å²) in [4.78, 5) is 0. The van der Waals surface area contributed by atoms with E-state index in [1.165, 1.54) is 32.1 Å². The van der Waals surface area contributed by atoms with E-state index < -0.39 is 0 Å². The average molecular weight is 177 g/mol. The number of aliphatic hydroxyl groups excluding tert-OH is 1. The molecule has 0 saturated heterocycles. The van der Waals surface area contributed by atoms with E-state index in [4.69, 9.17) is 11.6 Å². The van der Waals surface area contributed by atoms with Gasteiger partial charge in [0.05, 0.1) is 6.10 Å². The first kappa shape index (κ1) is 9.34. The predicted octanol–water partition coefficient (Wildman–Crippen LogP) is 2.56. The highest BCUT2D eigenvalue weighted by molar-refractivity contribution is 6.18. The summed E-state index contributed by atoms with van der Waals surface area (Å²) in [6.45, 7) is 0. The van der Waals surface area contributed by atoms with Crippen LogP contribution in [0.5, 0.6) is 0 Å². The molecular weight excluding hydrogens is 160 g/mol. The molecule has 11 heavy (non-hydrogen) atoms. The molecule has 0 aromatic heterocycles.